The number of aliphatic hydroxyl groups excluding tert-OH is 1. The molecule has 1 saturated heterocycles. The molecular weight excluding hydrogens is 292 g/mol. The quantitative estimate of drug-likeness (QED) is 0.785. The maximum atomic E-state index is 12.5. The zero-order valence-electron chi connectivity index (χ0n) is 15.6. The number of hydrogen-bond donors (Lipinski definition) is 2. The molecule has 1 aliphatic rings. The van der Waals surface area contributed by atoms with Gasteiger partial charge in [-0.25, -0.2) is 4.79 Å². The van der Waals surface area contributed by atoms with Crippen molar-refractivity contribution in [3.8, 4) is 0 Å². The maximum Gasteiger partial charge on any atom is 0.410 e. The molecule has 2 N–H and O–H groups in total. The fourth-order valence-corrected chi connectivity index (χ4v) is 3.16. The monoisotopic (exact) mass is 328 g/mol. The highest BCUT2D eigenvalue weighted by atomic mass is 16.6. The number of carbonyl (C=O) groups is 1. The van der Waals surface area contributed by atoms with E-state index < -0.39 is 5.60 Å². The molecule has 1 amide bonds. The Labute approximate surface area is 141 Å². The molecule has 3 atom stereocenters. The van der Waals surface area contributed by atoms with E-state index in [-0.39, 0.29) is 30.8 Å². The summed E-state index contributed by atoms with van der Waals surface area (Å²) in [6.07, 6.45) is 6.02. The summed E-state index contributed by atoms with van der Waals surface area (Å²) in [6, 6.07) is 0.608. The third kappa shape index (κ3) is 7.53. The van der Waals surface area contributed by atoms with Crippen LogP contribution in [0, 0.1) is 0 Å². The molecule has 0 radical (unpaired) electrons. The number of nitrogens with zero attached hydrogens (tertiary/aromatic N) is 1. The van der Waals surface area contributed by atoms with Crippen molar-refractivity contribution >= 4 is 6.09 Å². The highest BCUT2D eigenvalue weighted by molar-refractivity contribution is 5.68. The highest BCUT2D eigenvalue weighted by Gasteiger charge is 2.30. The molecule has 23 heavy (non-hydrogen) atoms. The van der Waals surface area contributed by atoms with Crippen LogP contribution in [-0.2, 0) is 4.74 Å². The van der Waals surface area contributed by atoms with Crippen molar-refractivity contribution in [1.29, 1.82) is 0 Å². The Morgan fingerprint density at radius 2 is 2.04 bits per heavy atom. The number of likely N-dealkylation sites (tertiary alicyclic amines) is 1. The van der Waals surface area contributed by atoms with Gasteiger partial charge in [-0.1, -0.05) is 19.8 Å². The maximum absolute atomic E-state index is 12.5. The van der Waals surface area contributed by atoms with Gasteiger partial charge < -0.3 is 20.1 Å². The molecule has 1 fully saturated rings. The molecule has 1 aliphatic heterocycles. The van der Waals surface area contributed by atoms with Crippen molar-refractivity contribution in [3.05, 3.63) is 0 Å². The standard InChI is InChI=1S/C18H36N2O3/c1-6-15(13-21)19-14(2)12-16-10-8-7-9-11-20(16)17(22)23-18(3,4)5/h14-16,19,21H,6-13H2,1-5H3/t14?,15-,16?/m1/s1. The van der Waals surface area contributed by atoms with Crippen molar-refractivity contribution in [2.24, 2.45) is 0 Å². The second-order valence-corrected chi connectivity index (χ2v) is 7.77. The van der Waals surface area contributed by atoms with E-state index >= 15 is 0 Å². The van der Waals surface area contributed by atoms with Crippen molar-refractivity contribution in [1.82, 2.24) is 10.2 Å². The molecule has 2 unspecified atom stereocenters. The number of nitrogens with one attached hydrogen (secondary N) is 1. The first-order valence-corrected chi connectivity index (χ1v) is 9.13. The lowest BCUT2D eigenvalue weighted by atomic mass is 10.0. The van der Waals surface area contributed by atoms with Crippen molar-refractivity contribution < 1.29 is 14.6 Å². The molecule has 136 valence electrons. The van der Waals surface area contributed by atoms with E-state index in [0.717, 1.165) is 38.6 Å². The largest absolute Gasteiger partial charge is 0.444 e. The summed E-state index contributed by atoms with van der Waals surface area (Å²) < 4.78 is 5.59. The molecule has 5 nitrogen and oxygen atoms in total. The van der Waals surface area contributed by atoms with Crippen LogP contribution in [0.3, 0.4) is 0 Å². The van der Waals surface area contributed by atoms with Gasteiger partial charge in [0.1, 0.15) is 5.60 Å². The number of aliphatic hydroxyl groups is 1. The van der Waals surface area contributed by atoms with Crippen LogP contribution in [0.1, 0.15) is 73.1 Å². The average molecular weight is 328 g/mol. The lowest BCUT2D eigenvalue weighted by Gasteiger charge is -2.34. The van der Waals surface area contributed by atoms with Gasteiger partial charge in [-0.15, -0.1) is 0 Å². The molecular formula is C18H36N2O3. The van der Waals surface area contributed by atoms with Crippen molar-refractivity contribution in [2.75, 3.05) is 13.2 Å². The second kappa shape index (κ2) is 9.48. The van der Waals surface area contributed by atoms with Crippen LogP contribution in [0.4, 0.5) is 4.79 Å². The summed E-state index contributed by atoms with van der Waals surface area (Å²) in [4.78, 5) is 14.5. The van der Waals surface area contributed by atoms with Gasteiger partial charge in [-0.3, -0.25) is 0 Å². The summed E-state index contributed by atoms with van der Waals surface area (Å²) >= 11 is 0. The molecule has 1 rings (SSSR count). The summed E-state index contributed by atoms with van der Waals surface area (Å²) in [6.45, 7) is 10.9. The fraction of sp³-hybridized carbons (Fsp3) is 0.944. The Morgan fingerprint density at radius 1 is 1.35 bits per heavy atom. The summed E-state index contributed by atoms with van der Waals surface area (Å²) in [5.74, 6) is 0. The van der Waals surface area contributed by atoms with Crippen molar-refractivity contribution in [3.63, 3.8) is 0 Å². The third-order valence-electron chi connectivity index (χ3n) is 4.36. The second-order valence-electron chi connectivity index (χ2n) is 7.77. The Morgan fingerprint density at radius 3 is 2.61 bits per heavy atom. The number of hydrogen-bond acceptors (Lipinski definition) is 4. The van der Waals surface area contributed by atoms with Gasteiger partial charge in [-0.2, -0.15) is 0 Å². The minimum Gasteiger partial charge on any atom is -0.444 e. The molecule has 0 aliphatic carbocycles. The van der Waals surface area contributed by atoms with Gasteiger partial charge in [-0.05, 0) is 53.4 Å². The molecule has 0 aromatic rings. The molecule has 0 spiro atoms. The molecule has 0 saturated carbocycles. The molecule has 5 heteroatoms. The predicted octanol–water partition coefficient (Wildman–Crippen LogP) is 3.31. The lowest BCUT2D eigenvalue weighted by Crippen LogP contribution is -2.47. The Kier molecular flexibility index (Phi) is 8.34. The van der Waals surface area contributed by atoms with E-state index in [1.807, 2.05) is 25.7 Å². The first kappa shape index (κ1) is 20.2. The van der Waals surface area contributed by atoms with Gasteiger partial charge in [0.15, 0.2) is 0 Å². The minimum atomic E-state index is -0.456. The molecule has 0 aromatic heterocycles. The Bertz CT molecular complexity index is 351. The zero-order chi connectivity index (χ0) is 17.5. The third-order valence-corrected chi connectivity index (χ3v) is 4.36. The van der Waals surface area contributed by atoms with E-state index in [0.29, 0.717) is 0 Å². The van der Waals surface area contributed by atoms with Gasteiger partial charge >= 0.3 is 6.09 Å². The van der Waals surface area contributed by atoms with E-state index in [1.165, 1.54) is 6.42 Å². The smallest absolute Gasteiger partial charge is 0.410 e. The van der Waals surface area contributed by atoms with E-state index in [4.69, 9.17) is 4.74 Å². The van der Waals surface area contributed by atoms with Gasteiger partial charge in [0, 0.05) is 24.7 Å². The normalized spacial score (nSPS) is 22.3. The number of amides is 1. The van der Waals surface area contributed by atoms with Crippen LogP contribution in [-0.4, -0.2) is 53.0 Å². The van der Waals surface area contributed by atoms with Gasteiger partial charge in [0.05, 0.1) is 6.61 Å². The predicted molar refractivity (Wildman–Crippen MR) is 93.6 cm³/mol. The SMILES string of the molecule is CC[C@H](CO)NC(C)CC1CCCCCN1C(=O)OC(C)(C)C. The minimum absolute atomic E-state index is 0.130. The Hall–Kier alpha value is -0.810. The van der Waals surface area contributed by atoms with Crippen LogP contribution in [0.15, 0.2) is 0 Å². The summed E-state index contributed by atoms with van der Waals surface area (Å²) in [5.41, 5.74) is -0.456. The van der Waals surface area contributed by atoms with E-state index in [1.54, 1.807) is 0 Å². The number of carbonyl (C=O) groups excluding carboxylic acids is 1. The van der Waals surface area contributed by atoms with E-state index in [2.05, 4.69) is 19.2 Å². The first-order valence-electron chi connectivity index (χ1n) is 9.13. The Balaban J connectivity index is 2.68. The lowest BCUT2D eigenvalue weighted by molar-refractivity contribution is 0.0148. The van der Waals surface area contributed by atoms with Crippen LogP contribution in [0.5, 0.6) is 0 Å². The average Bonchev–Trinajstić information content (AvgIpc) is 2.68. The molecule has 0 aromatic carbocycles. The highest BCUT2D eigenvalue weighted by Crippen LogP contribution is 2.23. The molecule has 1 heterocycles. The number of rotatable bonds is 6. The van der Waals surface area contributed by atoms with Gasteiger partial charge in [0.2, 0.25) is 0 Å². The van der Waals surface area contributed by atoms with Crippen LogP contribution in [0.2, 0.25) is 0 Å². The van der Waals surface area contributed by atoms with Crippen LogP contribution in [0.25, 0.3) is 0 Å². The molecule has 0 bridgehead atoms. The fourth-order valence-electron chi connectivity index (χ4n) is 3.16. The van der Waals surface area contributed by atoms with Gasteiger partial charge in [0.25, 0.3) is 0 Å². The topological polar surface area (TPSA) is 61.8 Å². The van der Waals surface area contributed by atoms with Crippen molar-refractivity contribution in [2.45, 2.75) is 96.9 Å². The number of ether oxygens (including phenoxy) is 1. The van der Waals surface area contributed by atoms with Crippen LogP contribution < -0.4 is 5.32 Å². The first-order chi connectivity index (χ1) is 10.8. The van der Waals surface area contributed by atoms with E-state index in [9.17, 15) is 9.90 Å². The van der Waals surface area contributed by atoms with Crippen LogP contribution >= 0.6 is 0 Å². The zero-order valence-corrected chi connectivity index (χ0v) is 15.6. The summed E-state index contributed by atoms with van der Waals surface area (Å²) in [7, 11) is 0. The summed E-state index contributed by atoms with van der Waals surface area (Å²) in [5, 5.41) is 12.8.